The van der Waals surface area contributed by atoms with Crippen molar-refractivity contribution in [2.24, 2.45) is 0 Å². The molecule has 1 aromatic rings. The first-order chi connectivity index (χ1) is 8.08. The van der Waals surface area contributed by atoms with Gasteiger partial charge in [-0.2, -0.15) is 0 Å². The van der Waals surface area contributed by atoms with Crippen LogP contribution in [0.2, 0.25) is 0 Å². The number of likely N-dealkylation sites (N-methyl/N-ethyl adjacent to an activating group) is 2. The number of furan rings is 1. The standard InChI is InChI=1S/C11H15BrN2O3/c1-3-13-10(15)7-14(4-2)11(16)8-5-6-9(12)17-8/h5-6H,3-4,7H2,1-2H3,(H,13,15). The second kappa shape index (κ2) is 6.44. The summed E-state index contributed by atoms with van der Waals surface area (Å²) < 4.78 is 5.66. The zero-order valence-corrected chi connectivity index (χ0v) is 11.4. The molecule has 6 heteroatoms. The van der Waals surface area contributed by atoms with Gasteiger partial charge in [0, 0.05) is 13.1 Å². The van der Waals surface area contributed by atoms with E-state index in [1.54, 1.807) is 12.1 Å². The average molecular weight is 303 g/mol. The Morgan fingerprint density at radius 1 is 1.41 bits per heavy atom. The number of hydrogen-bond acceptors (Lipinski definition) is 3. The lowest BCUT2D eigenvalue weighted by Crippen LogP contribution is -2.40. The van der Waals surface area contributed by atoms with Gasteiger partial charge in [-0.25, -0.2) is 0 Å². The van der Waals surface area contributed by atoms with Crippen LogP contribution in [0, 0.1) is 0 Å². The fourth-order valence-electron chi connectivity index (χ4n) is 1.34. The number of hydrogen-bond donors (Lipinski definition) is 1. The maximum Gasteiger partial charge on any atom is 0.290 e. The Hall–Kier alpha value is -1.30. The number of nitrogens with zero attached hydrogens (tertiary/aromatic N) is 1. The largest absolute Gasteiger partial charge is 0.444 e. The Kier molecular flexibility index (Phi) is 5.21. The number of nitrogens with one attached hydrogen (secondary N) is 1. The van der Waals surface area contributed by atoms with Crippen LogP contribution in [0.1, 0.15) is 24.4 Å². The molecule has 0 unspecified atom stereocenters. The molecule has 0 aromatic carbocycles. The van der Waals surface area contributed by atoms with Crippen molar-refractivity contribution in [2.75, 3.05) is 19.6 Å². The van der Waals surface area contributed by atoms with Crippen LogP contribution < -0.4 is 5.32 Å². The summed E-state index contributed by atoms with van der Waals surface area (Å²) in [5.74, 6) is -0.235. The SMILES string of the molecule is CCNC(=O)CN(CC)C(=O)c1ccc(Br)o1. The Labute approximate surface area is 108 Å². The van der Waals surface area contributed by atoms with Crippen LogP contribution in [0.15, 0.2) is 21.2 Å². The zero-order chi connectivity index (χ0) is 12.8. The molecule has 0 aliphatic rings. The highest BCUT2D eigenvalue weighted by atomic mass is 79.9. The van der Waals surface area contributed by atoms with E-state index >= 15 is 0 Å². The van der Waals surface area contributed by atoms with Gasteiger partial charge in [0.25, 0.3) is 5.91 Å². The van der Waals surface area contributed by atoms with E-state index in [0.29, 0.717) is 17.8 Å². The van der Waals surface area contributed by atoms with Crippen molar-refractivity contribution in [1.29, 1.82) is 0 Å². The van der Waals surface area contributed by atoms with Gasteiger partial charge >= 0.3 is 0 Å². The van der Waals surface area contributed by atoms with E-state index in [-0.39, 0.29) is 24.1 Å². The predicted octanol–water partition coefficient (Wildman–Crippen LogP) is 1.64. The third-order valence-electron chi connectivity index (χ3n) is 2.16. The molecular formula is C11H15BrN2O3. The molecule has 1 rings (SSSR count). The molecular weight excluding hydrogens is 288 g/mol. The Morgan fingerprint density at radius 3 is 2.59 bits per heavy atom. The molecule has 0 atom stereocenters. The predicted molar refractivity (Wildman–Crippen MR) is 66.7 cm³/mol. The van der Waals surface area contributed by atoms with Gasteiger partial charge in [-0.1, -0.05) is 0 Å². The summed E-state index contributed by atoms with van der Waals surface area (Å²) in [6, 6.07) is 3.22. The summed E-state index contributed by atoms with van der Waals surface area (Å²) in [5.41, 5.74) is 0. The minimum atomic E-state index is -0.288. The molecule has 0 radical (unpaired) electrons. The van der Waals surface area contributed by atoms with Gasteiger partial charge in [0.1, 0.15) is 0 Å². The summed E-state index contributed by atoms with van der Waals surface area (Å²) in [5, 5.41) is 2.65. The third kappa shape index (κ3) is 3.89. The topological polar surface area (TPSA) is 62.6 Å². The highest BCUT2D eigenvalue weighted by molar-refractivity contribution is 9.10. The lowest BCUT2D eigenvalue weighted by Gasteiger charge is -2.18. The molecule has 0 spiro atoms. The van der Waals surface area contributed by atoms with Gasteiger partial charge in [-0.15, -0.1) is 0 Å². The van der Waals surface area contributed by atoms with Crippen LogP contribution in [0.3, 0.4) is 0 Å². The first-order valence-corrected chi connectivity index (χ1v) is 6.19. The molecule has 0 aliphatic heterocycles. The second-order valence-corrected chi connectivity index (χ2v) is 4.16. The quantitative estimate of drug-likeness (QED) is 0.899. The highest BCUT2D eigenvalue weighted by Crippen LogP contribution is 2.15. The van der Waals surface area contributed by atoms with Gasteiger partial charge in [0.05, 0.1) is 6.54 Å². The van der Waals surface area contributed by atoms with Crippen molar-refractivity contribution in [2.45, 2.75) is 13.8 Å². The average Bonchev–Trinajstić information content (AvgIpc) is 2.72. The summed E-state index contributed by atoms with van der Waals surface area (Å²) in [6.07, 6.45) is 0. The maximum absolute atomic E-state index is 12.0. The maximum atomic E-state index is 12.0. The zero-order valence-electron chi connectivity index (χ0n) is 9.83. The molecule has 1 heterocycles. The molecule has 0 saturated heterocycles. The van der Waals surface area contributed by atoms with Gasteiger partial charge in [0.15, 0.2) is 10.4 Å². The summed E-state index contributed by atoms with van der Waals surface area (Å²) in [6.45, 7) is 4.70. The van der Waals surface area contributed by atoms with E-state index < -0.39 is 0 Å². The van der Waals surface area contributed by atoms with Crippen LogP contribution in [0.5, 0.6) is 0 Å². The second-order valence-electron chi connectivity index (χ2n) is 3.38. The van der Waals surface area contributed by atoms with Crippen LogP contribution in [-0.4, -0.2) is 36.3 Å². The fraction of sp³-hybridized carbons (Fsp3) is 0.455. The molecule has 94 valence electrons. The summed E-state index contributed by atoms with van der Waals surface area (Å²) in [4.78, 5) is 24.8. The molecule has 17 heavy (non-hydrogen) atoms. The first kappa shape index (κ1) is 13.8. The number of amides is 2. The van der Waals surface area contributed by atoms with E-state index in [4.69, 9.17) is 4.42 Å². The molecule has 0 fully saturated rings. The van der Waals surface area contributed by atoms with Crippen molar-refractivity contribution in [3.63, 3.8) is 0 Å². The molecule has 0 aliphatic carbocycles. The van der Waals surface area contributed by atoms with Crippen LogP contribution in [-0.2, 0) is 4.79 Å². The lowest BCUT2D eigenvalue weighted by atomic mass is 10.3. The molecule has 1 aromatic heterocycles. The normalized spacial score (nSPS) is 10.1. The lowest BCUT2D eigenvalue weighted by molar-refractivity contribution is -0.121. The minimum absolute atomic E-state index is 0.0431. The molecule has 0 saturated carbocycles. The van der Waals surface area contributed by atoms with E-state index in [0.717, 1.165) is 0 Å². The number of halogens is 1. The van der Waals surface area contributed by atoms with Gasteiger partial charge in [-0.05, 0) is 41.9 Å². The Morgan fingerprint density at radius 2 is 2.12 bits per heavy atom. The van der Waals surface area contributed by atoms with Crippen molar-refractivity contribution >= 4 is 27.7 Å². The molecule has 2 amide bonds. The molecule has 1 N–H and O–H groups in total. The fourth-order valence-corrected chi connectivity index (χ4v) is 1.65. The minimum Gasteiger partial charge on any atom is -0.444 e. The van der Waals surface area contributed by atoms with Crippen molar-refractivity contribution in [3.8, 4) is 0 Å². The van der Waals surface area contributed by atoms with Crippen LogP contribution >= 0.6 is 15.9 Å². The first-order valence-electron chi connectivity index (χ1n) is 5.39. The van der Waals surface area contributed by atoms with Crippen molar-refractivity contribution < 1.29 is 14.0 Å². The van der Waals surface area contributed by atoms with Gasteiger partial charge in [-0.3, -0.25) is 9.59 Å². The summed E-state index contributed by atoms with van der Waals surface area (Å²) >= 11 is 3.13. The number of carbonyl (C=O) groups is 2. The van der Waals surface area contributed by atoms with Crippen molar-refractivity contribution in [3.05, 3.63) is 22.6 Å². The number of rotatable bonds is 5. The Bertz CT molecular complexity index is 403. The van der Waals surface area contributed by atoms with E-state index in [1.807, 2.05) is 13.8 Å². The molecule has 5 nitrogen and oxygen atoms in total. The third-order valence-corrected chi connectivity index (χ3v) is 2.59. The van der Waals surface area contributed by atoms with Crippen LogP contribution in [0.25, 0.3) is 0 Å². The van der Waals surface area contributed by atoms with Gasteiger partial charge in [0.2, 0.25) is 5.91 Å². The van der Waals surface area contributed by atoms with Crippen molar-refractivity contribution in [1.82, 2.24) is 10.2 Å². The smallest absolute Gasteiger partial charge is 0.290 e. The van der Waals surface area contributed by atoms with E-state index in [2.05, 4.69) is 21.2 Å². The Balaban J connectivity index is 2.67. The highest BCUT2D eigenvalue weighted by Gasteiger charge is 2.19. The van der Waals surface area contributed by atoms with Gasteiger partial charge < -0.3 is 14.6 Å². The number of carbonyl (C=O) groups excluding carboxylic acids is 2. The van der Waals surface area contributed by atoms with Crippen LogP contribution in [0.4, 0.5) is 0 Å². The van der Waals surface area contributed by atoms with E-state index in [9.17, 15) is 9.59 Å². The van der Waals surface area contributed by atoms with E-state index in [1.165, 1.54) is 4.90 Å². The molecule has 0 bridgehead atoms. The summed E-state index contributed by atoms with van der Waals surface area (Å²) in [7, 11) is 0. The monoisotopic (exact) mass is 302 g/mol.